The van der Waals surface area contributed by atoms with Crippen LogP contribution in [0.4, 0.5) is 0 Å². The summed E-state index contributed by atoms with van der Waals surface area (Å²) >= 11 is 0. The van der Waals surface area contributed by atoms with Crippen LogP contribution in [-0.2, 0) is 15.6 Å². The number of nitrogens with one attached hydrogen (secondary N) is 1. The first kappa shape index (κ1) is 14.2. The van der Waals surface area contributed by atoms with Crippen LogP contribution in [-0.4, -0.2) is 20.2 Å². The molecule has 5 heteroatoms. The molecule has 0 aliphatic rings. The summed E-state index contributed by atoms with van der Waals surface area (Å²) in [5, 5.41) is -0.475. The van der Waals surface area contributed by atoms with Crippen LogP contribution >= 0.6 is 0 Å². The lowest BCUT2D eigenvalue weighted by atomic mass is 9.94. The largest absolute Gasteiger partial charge is 0.328 e. The Kier molecular flexibility index (Phi) is 4.30. The van der Waals surface area contributed by atoms with E-state index < -0.39 is 20.8 Å². The Balaban J connectivity index is 3.07. The smallest absolute Gasteiger partial charge is 0.214 e. The highest BCUT2D eigenvalue weighted by Crippen LogP contribution is 2.21. The van der Waals surface area contributed by atoms with Gasteiger partial charge in [-0.1, -0.05) is 30.3 Å². The summed E-state index contributed by atoms with van der Waals surface area (Å²) in [6.07, 6.45) is 0. The van der Waals surface area contributed by atoms with Crippen molar-refractivity contribution in [1.82, 2.24) is 4.72 Å². The van der Waals surface area contributed by atoms with Gasteiger partial charge in [0.2, 0.25) is 10.0 Å². The molecule has 0 aliphatic carbocycles. The number of sulfonamides is 1. The third kappa shape index (κ3) is 3.28. The van der Waals surface area contributed by atoms with Crippen LogP contribution < -0.4 is 10.5 Å². The van der Waals surface area contributed by atoms with Gasteiger partial charge < -0.3 is 5.73 Å². The number of hydrogen-bond acceptors (Lipinski definition) is 3. The standard InChI is InChI=1S/C12H20N2O2S/c1-10(2)17(15,16)14-12(3,9-13)11-7-5-4-6-8-11/h4-8,10,14H,9,13H2,1-3H3. The van der Waals surface area contributed by atoms with Crippen molar-refractivity contribution >= 4 is 10.0 Å². The molecule has 0 aliphatic heterocycles. The zero-order valence-corrected chi connectivity index (χ0v) is 11.3. The van der Waals surface area contributed by atoms with Crippen molar-refractivity contribution in [2.24, 2.45) is 5.73 Å². The third-order valence-electron chi connectivity index (χ3n) is 2.81. The SMILES string of the molecule is CC(C)S(=O)(=O)NC(C)(CN)c1ccccc1. The molecule has 17 heavy (non-hydrogen) atoms. The summed E-state index contributed by atoms with van der Waals surface area (Å²) in [6.45, 7) is 5.29. The molecule has 0 saturated heterocycles. The fourth-order valence-electron chi connectivity index (χ4n) is 1.46. The average molecular weight is 256 g/mol. The quantitative estimate of drug-likeness (QED) is 0.831. The lowest BCUT2D eigenvalue weighted by Crippen LogP contribution is -2.50. The van der Waals surface area contributed by atoms with E-state index >= 15 is 0 Å². The highest BCUT2D eigenvalue weighted by molar-refractivity contribution is 7.90. The number of hydrogen-bond donors (Lipinski definition) is 2. The summed E-state index contributed by atoms with van der Waals surface area (Å²) in [4.78, 5) is 0. The highest BCUT2D eigenvalue weighted by Gasteiger charge is 2.31. The lowest BCUT2D eigenvalue weighted by Gasteiger charge is -2.30. The maximum atomic E-state index is 11.9. The van der Waals surface area contributed by atoms with E-state index in [4.69, 9.17) is 5.73 Å². The van der Waals surface area contributed by atoms with Crippen molar-refractivity contribution in [1.29, 1.82) is 0 Å². The van der Waals surface area contributed by atoms with Crippen LogP contribution in [0, 0.1) is 0 Å². The maximum Gasteiger partial charge on any atom is 0.214 e. The molecule has 0 amide bonds. The van der Waals surface area contributed by atoms with Crippen LogP contribution in [0.5, 0.6) is 0 Å². The van der Waals surface area contributed by atoms with Gasteiger partial charge in [-0.15, -0.1) is 0 Å². The molecule has 3 N–H and O–H groups in total. The minimum atomic E-state index is -3.35. The second kappa shape index (κ2) is 5.16. The Hall–Kier alpha value is -0.910. The van der Waals surface area contributed by atoms with Gasteiger partial charge in [0, 0.05) is 6.54 Å². The minimum Gasteiger partial charge on any atom is -0.328 e. The third-order valence-corrected chi connectivity index (χ3v) is 4.78. The molecular formula is C12H20N2O2S. The molecule has 0 fully saturated rings. The molecule has 0 radical (unpaired) electrons. The molecule has 4 nitrogen and oxygen atoms in total. The van der Waals surface area contributed by atoms with Gasteiger partial charge in [-0.2, -0.15) is 0 Å². The van der Waals surface area contributed by atoms with Crippen molar-refractivity contribution < 1.29 is 8.42 Å². The highest BCUT2D eigenvalue weighted by atomic mass is 32.2. The summed E-state index contributed by atoms with van der Waals surface area (Å²) in [5.74, 6) is 0. The summed E-state index contributed by atoms with van der Waals surface area (Å²) in [6, 6.07) is 9.36. The molecule has 0 aromatic heterocycles. The van der Waals surface area contributed by atoms with Crippen molar-refractivity contribution in [3.8, 4) is 0 Å². The molecule has 0 saturated carbocycles. The molecule has 1 aromatic rings. The van der Waals surface area contributed by atoms with Gasteiger partial charge in [0.1, 0.15) is 0 Å². The van der Waals surface area contributed by atoms with Gasteiger partial charge in [0.15, 0.2) is 0 Å². The Morgan fingerprint density at radius 2 is 1.82 bits per heavy atom. The van der Waals surface area contributed by atoms with Crippen molar-refractivity contribution in [2.75, 3.05) is 6.54 Å². The predicted octanol–water partition coefficient (Wildman–Crippen LogP) is 1.19. The maximum absolute atomic E-state index is 11.9. The number of nitrogens with two attached hydrogens (primary N) is 1. The zero-order chi connectivity index (χ0) is 13.1. The minimum absolute atomic E-state index is 0.211. The molecular weight excluding hydrogens is 236 g/mol. The molecule has 1 aromatic carbocycles. The van der Waals surface area contributed by atoms with Crippen LogP contribution in [0.15, 0.2) is 30.3 Å². The van der Waals surface area contributed by atoms with Gasteiger partial charge in [-0.05, 0) is 26.3 Å². The van der Waals surface area contributed by atoms with Crippen LogP contribution in [0.1, 0.15) is 26.3 Å². The number of rotatable bonds is 5. The molecule has 0 spiro atoms. The predicted molar refractivity (Wildman–Crippen MR) is 70.0 cm³/mol. The van der Waals surface area contributed by atoms with E-state index in [9.17, 15) is 8.42 Å². The fourth-order valence-corrected chi connectivity index (χ4v) is 2.52. The second-order valence-corrected chi connectivity index (χ2v) is 6.84. The molecule has 0 heterocycles. The van der Waals surface area contributed by atoms with Gasteiger partial charge in [0.05, 0.1) is 10.8 Å². The van der Waals surface area contributed by atoms with E-state index in [0.29, 0.717) is 0 Å². The van der Waals surface area contributed by atoms with Gasteiger partial charge in [-0.3, -0.25) is 0 Å². The Labute approximate surface area is 103 Å². The first-order valence-electron chi connectivity index (χ1n) is 5.60. The second-order valence-electron chi connectivity index (χ2n) is 4.60. The average Bonchev–Trinajstić information content (AvgIpc) is 2.29. The topological polar surface area (TPSA) is 72.2 Å². The first-order chi connectivity index (χ1) is 7.82. The van der Waals surface area contributed by atoms with Crippen LogP contribution in [0.3, 0.4) is 0 Å². The molecule has 1 rings (SSSR count). The van der Waals surface area contributed by atoms with Crippen LogP contribution in [0.25, 0.3) is 0 Å². The normalized spacial score (nSPS) is 15.8. The van der Waals surface area contributed by atoms with E-state index in [2.05, 4.69) is 4.72 Å². The summed E-state index contributed by atoms with van der Waals surface area (Å²) in [7, 11) is -3.35. The number of benzene rings is 1. The summed E-state index contributed by atoms with van der Waals surface area (Å²) in [5.41, 5.74) is 5.83. The van der Waals surface area contributed by atoms with Gasteiger partial charge in [0.25, 0.3) is 0 Å². The molecule has 1 unspecified atom stereocenters. The van der Waals surface area contributed by atoms with E-state index in [1.807, 2.05) is 30.3 Å². The van der Waals surface area contributed by atoms with Crippen molar-refractivity contribution in [2.45, 2.75) is 31.6 Å². The van der Waals surface area contributed by atoms with Crippen molar-refractivity contribution in [3.63, 3.8) is 0 Å². The summed E-state index contributed by atoms with van der Waals surface area (Å²) < 4.78 is 26.5. The molecule has 96 valence electrons. The lowest BCUT2D eigenvalue weighted by molar-refractivity contribution is 0.438. The van der Waals surface area contributed by atoms with Crippen LogP contribution in [0.2, 0.25) is 0 Å². The van der Waals surface area contributed by atoms with Gasteiger partial charge in [-0.25, -0.2) is 13.1 Å². The van der Waals surface area contributed by atoms with E-state index in [-0.39, 0.29) is 6.54 Å². The fraction of sp³-hybridized carbons (Fsp3) is 0.500. The molecule has 1 atom stereocenters. The monoisotopic (exact) mass is 256 g/mol. The molecule has 0 bridgehead atoms. The van der Waals surface area contributed by atoms with E-state index in [1.165, 1.54) is 0 Å². The Morgan fingerprint density at radius 3 is 2.24 bits per heavy atom. The zero-order valence-electron chi connectivity index (χ0n) is 10.5. The van der Waals surface area contributed by atoms with E-state index in [0.717, 1.165) is 5.56 Å². The van der Waals surface area contributed by atoms with Gasteiger partial charge >= 0.3 is 0 Å². The van der Waals surface area contributed by atoms with E-state index in [1.54, 1.807) is 20.8 Å². The first-order valence-corrected chi connectivity index (χ1v) is 7.15. The Bertz CT molecular complexity index is 457. The van der Waals surface area contributed by atoms with Crippen molar-refractivity contribution in [3.05, 3.63) is 35.9 Å². The Morgan fingerprint density at radius 1 is 1.29 bits per heavy atom.